The number of carbonyl (C=O) groups excluding carboxylic acids is 2. The van der Waals surface area contributed by atoms with Crippen molar-refractivity contribution in [3.05, 3.63) is 38.8 Å². The molecule has 0 aromatic heterocycles. The number of nitrogens with zero attached hydrogens (tertiary/aromatic N) is 5. The first kappa shape index (κ1) is 24.5. The highest BCUT2D eigenvalue weighted by atomic mass is 32.2. The highest BCUT2D eigenvalue weighted by molar-refractivity contribution is 7.87. The van der Waals surface area contributed by atoms with Crippen molar-refractivity contribution >= 4 is 45.0 Å². The van der Waals surface area contributed by atoms with Gasteiger partial charge in [0.1, 0.15) is 11.7 Å². The maximum atomic E-state index is 12.2. The Morgan fingerprint density at radius 2 is 2.09 bits per heavy atom. The quantitative estimate of drug-likeness (QED) is 0.0617. The fraction of sp³-hybridized carbons (Fsp3) is 0.438. The zero-order chi connectivity index (χ0) is 24.1. The van der Waals surface area contributed by atoms with Crippen molar-refractivity contribution in [2.24, 2.45) is 5.11 Å². The molecule has 1 aliphatic heterocycles. The standard InChI is InChI=1S/C16H18N6O9S/c17-20-19-9-4-5-10(12(7-9)22(27)28)18-6-2-1-3-11(16(25)26)21-14(23)8-13(15(21)24)32(29,30)31/h4-5,7,11,13,18H,1-3,6,8H2,(H,25,26)(H,29,30,31). The molecule has 2 atom stereocenters. The first-order valence-electron chi connectivity index (χ1n) is 9.09. The van der Waals surface area contributed by atoms with E-state index < -0.39 is 50.5 Å². The van der Waals surface area contributed by atoms with Gasteiger partial charge >= 0.3 is 5.97 Å². The normalized spacial score (nSPS) is 17.0. The summed E-state index contributed by atoms with van der Waals surface area (Å²) >= 11 is 0. The van der Waals surface area contributed by atoms with Gasteiger partial charge in [0.2, 0.25) is 5.91 Å². The number of anilines is 1. The van der Waals surface area contributed by atoms with Crippen LogP contribution in [0.25, 0.3) is 10.4 Å². The maximum Gasteiger partial charge on any atom is 0.326 e. The monoisotopic (exact) mass is 470 g/mol. The summed E-state index contributed by atoms with van der Waals surface area (Å²) in [5.74, 6) is -3.82. The lowest BCUT2D eigenvalue weighted by Gasteiger charge is -2.22. The third kappa shape index (κ3) is 5.69. The van der Waals surface area contributed by atoms with Crippen LogP contribution < -0.4 is 5.32 Å². The van der Waals surface area contributed by atoms with E-state index >= 15 is 0 Å². The van der Waals surface area contributed by atoms with Crippen molar-refractivity contribution < 1.29 is 37.4 Å². The summed E-state index contributed by atoms with van der Waals surface area (Å²) in [6.45, 7) is 0.170. The summed E-state index contributed by atoms with van der Waals surface area (Å²) in [7, 11) is -4.85. The molecule has 1 aliphatic rings. The van der Waals surface area contributed by atoms with Gasteiger partial charge in [0, 0.05) is 23.2 Å². The summed E-state index contributed by atoms with van der Waals surface area (Å²) < 4.78 is 31.5. The number of imide groups is 1. The minimum Gasteiger partial charge on any atom is -0.480 e. The van der Waals surface area contributed by atoms with E-state index in [1.165, 1.54) is 12.1 Å². The number of nitro groups is 1. The molecule has 1 saturated heterocycles. The zero-order valence-corrected chi connectivity index (χ0v) is 17.1. The van der Waals surface area contributed by atoms with Gasteiger partial charge in [0.05, 0.1) is 11.3 Å². The molecular formula is C16H18N6O9S. The van der Waals surface area contributed by atoms with Crippen molar-refractivity contribution in [3.8, 4) is 0 Å². The van der Waals surface area contributed by atoms with Crippen molar-refractivity contribution in [3.63, 3.8) is 0 Å². The molecule has 32 heavy (non-hydrogen) atoms. The number of carboxylic acids is 1. The van der Waals surface area contributed by atoms with E-state index in [2.05, 4.69) is 15.3 Å². The minimum absolute atomic E-state index is 0.0530. The number of amides is 2. The fourth-order valence-corrected chi connectivity index (χ4v) is 3.89. The molecule has 3 N–H and O–H groups in total. The van der Waals surface area contributed by atoms with Crippen LogP contribution in [-0.2, 0) is 24.5 Å². The fourth-order valence-electron chi connectivity index (χ4n) is 3.17. The number of nitrogens with one attached hydrogen (secondary N) is 1. The van der Waals surface area contributed by atoms with Gasteiger partial charge < -0.3 is 10.4 Å². The molecular weight excluding hydrogens is 452 g/mol. The maximum absolute atomic E-state index is 12.2. The van der Waals surface area contributed by atoms with E-state index in [4.69, 9.17) is 10.1 Å². The van der Waals surface area contributed by atoms with Gasteiger partial charge in [-0.2, -0.15) is 8.42 Å². The van der Waals surface area contributed by atoms with Crippen molar-refractivity contribution in [2.75, 3.05) is 11.9 Å². The van der Waals surface area contributed by atoms with E-state index in [0.717, 1.165) is 6.07 Å². The van der Waals surface area contributed by atoms with E-state index in [1.54, 1.807) is 0 Å². The van der Waals surface area contributed by atoms with Gasteiger partial charge in [-0.15, -0.1) is 0 Å². The minimum atomic E-state index is -4.85. The molecule has 0 radical (unpaired) electrons. The predicted molar refractivity (Wildman–Crippen MR) is 107 cm³/mol. The number of carboxylic acid groups (broad SMARTS) is 1. The van der Waals surface area contributed by atoms with Crippen LogP contribution in [0.1, 0.15) is 25.7 Å². The summed E-state index contributed by atoms with van der Waals surface area (Å²) in [6.07, 6.45) is -0.567. The average Bonchev–Trinajstić information content (AvgIpc) is 3.00. The number of hydrogen-bond acceptors (Lipinski definition) is 9. The van der Waals surface area contributed by atoms with E-state index in [1.807, 2.05) is 0 Å². The third-order valence-corrected chi connectivity index (χ3v) is 5.74. The molecule has 2 unspecified atom stereocenters. The molecule has 15 nitrogen and oxygen atoms in total. The third-order valence-electron chi connectivity index (χ3n) is 4.66. The first-order chi connectivity index (χ1) is 15.0. The Hall–Kier alpha value is -3.75. The second-order valence-corrected chi connectivity index (χ2v) is 8.33. The molecule has 0 aliphatic carbocycles. The molecule has 0 spiro atoms. The highest BCUT2D eigenvalue weighted by Gasteiger charge is 2.49. The Morgan fingerprint density at radius 1 is 1.41 bits per heavy atom. The molecule has 2 rings (SSSR count). The zero-order valence-electron chi connectivity index (χ0n) is 16.3. The topological polar surface area (TPSA) is 233 Å². The van der Waals surface area contributed by atoms with Crippen LogP contribution in [0.5, 0.6) is 0 Å². The average molecular weight is 470 g/mol. The second-order valence-electron chi connectivity index (χ2n) is 6.73. The molecule has 1 heterocycles. The molecule has 2 amide bonds. The molecule has 0 bridgehead atoms. The van der Waals surface area contributed by atoms with Gasteiger partial charge in [-0.05, 0) is 30.9 Å². The van der Waals surface area contributed by atoms with Crippen molar-refractivity contribution in [1.82, 2.24) is 4.90 Å². The molecule has 172 valence electrons. The number of likely N-dealkylation sites (tertiary alicyclic amines) is 1. The van der Waals surface area contributed by atoms with Crippen LogP contribution >= 0.6 is 0 Å². The Kier molecular flexibility index (Phi) is 7.69. The van der Waals surface area contributed by atoms with Crippen LogP contribution in [0, 0.1) is 10.1 Å². The van der Waals surface area contributed by atoms with Gasteiger partial charge in [-0.25, -0.2) is 4.79 Å². The van der Waals surface area contributed by atoms with Crippen LogP contribution in [0.15, 0.2) is 23.3 Å². The largest absolute Gasteiger partial charge is 0.480 e. The van der Waals surface area contributed by atoms with Crippen molar-refractivity contribution in [2.45, 2.75) is 37.0 Å². The molecule has 1 aromatic rings. The number of rotatable bonds is 11. The lowest BCUT2D eigenvalue weighted by molar-refractivity contribution is -0.383. The van der Waals surface area contributed by atoms with Crippen LogP contribution in [0.4, 0.5) is 17.1 Å². The number of unbranched alkanes of at least 4 members (excludes halogenated alkanes) is 1. The Bertz CT molecular complexity index is 1100. The van der Waals surface area contributed by atoms with E-state index in [0.29, 0.717) is 4.90 Å². The Balaban J connectivity index is 1.98. The van der Waals surface area contributed by atoms with E-state index in [-0.39, 0.29) is 42.9 Å². The second kappa shape index (κ2) is 10.0. The SMILES string of the molecule is [N-]=[N+]=Nc1ccc(NCCCCC(C(=O)O)N2C(=O)CC(S(=O)(=O)O)C2=O)c([N+](=O)[O-])c1. The predicted octanol–water partition coefficient (Wildman–Crippen LogP) is 1.59. The molecule has 1 fully saturated rings. The van der Waals surface area contributed by atoms with Crippen LogP contribution in [-0.4, -0.2) is 63.5 Å². The number of aliphatic carboxylic acids is 1. The number of carbonyl (C=O) groups is 3. The lowest BCUT2D eigenvalue weighted by Crippen LogP contribution is -2.46. The summed E-state index contributed by atoms with van der Waals surface area (Å²) in [5, 5.41) is 24.6. The van der Waals surface area contributed by atoms with E-state index in [9.17, 15) is 38.0 Å². The van der Waals surface area contributed by atoms with Gasteiger partial charge in [-0.1, -0.05) is 11.2 Å². The van der Waals surface area contributed by atoms with Crippen LogP contribution in [0.3, 0.4) is 0 Å². The highest BCUT2D eigenvalue weighted by Crippen LogP contribution is 2.29. The molecule has 0 saturated carbocycles. The van der Waals surface area contributed by atoms with Gasteiger partial charge in [0.25, 0.3) is 21.7 Å². The smallest absolute Gasteiger partial charge is 0.326 e. The van der Waals surface area contributed by atoms with Crippen molar-refractivity contribution in [1.29, 1.82) is 0 Å². The first-order valence-corrected chi connectivity index (χ1v) is 10.6. The summed E-state index contributed by atoms with van der Waals surface area (Å²) in [6, 6.07) is 2.18. The summed E-state index contributed by atoms with van der Waals surface area (Å²) in [4.78, 5) is 49.1. The molecule has 1 aromatic carbocycles. The number of hydrogen-bond donors (Lipinski definition) is 3. The number of nitro benzene ring substituents is 1. The van der Waals surface area contributed by atoms with Crippen LogP contribution in [0.2, 0.25) is 0 Å². The lowest BCUT2D eigenvalue weighted by atomic mass is 10.1. The Morgan fingerprint density at radius 3 is 2.62 bits per heavy atom. The van der Waals surface area contributed by atoms with Gasteiger partial charge in [-0.3, -0.25) is 29.2 Å². The Labute approximate surface area is 180 Å². The number of azide groups is 1. The molecule has 16 heteroatoms. The summed E-state index contributed by atoms with van der Waals surface area (Å²) in [5.41, 5.74) is 8.28. The van der Waals surface area contributed by atoms with Gasteiger partial charge in [0.15, 0.2) is 5.25 Å². The number of benzene rings is 1.